The molecule has 0 amide bonds. The molecule has 0 spiro atoms. The zero-order valence-corrected chi connectivity index (χ0v) is 31.5. The third-order valence-electron chi connectivity index (χ3n) is 9.57. The van der Waals surface area contributed by atoms with E-state index in [1.807, 2.05) is 38.1 Å². The molecule has 5 rings (SSSR count). The lowest BCUT2D eigenvalue weighted by Crippen LogP contribution is -2.14. The number of hydrogen-bond donors (Lipinski definition) is 2. The van der Waals surface area contributed by atoms with Crippen LogP contribution in [-0.2, 0) is 36.5 Å². The molecule has 4 aromatic carbocycles. The Bertz CT molecular complexity index is 1780. The second-order valence-corrected chi connectivity index (χ2v) is 15.9. The quantitative estimate of drug-likeness (QED) is 0.120. The van der Waals surface area contributed by atoms with Crippen LogP contribution in [0.25, 0.3) is 0 Å². The number of aromatic hydroxyl groups is 2. The molecule has 0 radical (unpaired) electrons. The maximum Gasteiger partial charge on any atom is 0.270 e. The summed E-state index contributed by atoms with van der Waals surface area (Å²) in [5.41, 5.74) is 5.26. The first kappa shape index (κ1) is 38.1. The molecule has 276 valence electrons. The van der Waals surface area contributed by atoms with Crippen LogP contribution in [0.4, 0.5) is 11.4 Å². The fraction of sp³-hybridized carbons (Fsp3) is 0.429. The standard InChI is InChI=1S/C42H50N2O8/c1-9-11-51-39-29-13-25-17-33(41(3,4)5)19-27(37(25)45)15-31-23-36(44(49)50)24-32(40(31)52-12-10-2)16-28-20-34(42(6,7)8)18-26(38(28)46)14-30(39)22-35(21-29)43(47)48/h17-24,45-46H,9-16H2,1-8H3. The van der Waals surface area contributed by atoms with E-state index in [2.05, 4.69) is 41.5 Å². The molecule has 2 N–H and O–H groups in total. The van der Waals surface area contributed by atoms with Crippen molar-refractivity contribution in [3.05, 3.63) is 124 Å². The van der Waals surface area contributed by atoms with E-state index < -0.39 is 9.85 Å². The van der Waals surface area contributed by atoms with Crippen LogP contribution in [-0.4, -0.2) is 33.3 Å². The summed E-state index contributed by atoms with van der Waals surface area (Å²) in [6.07, 6.45) is 1.88. The van der Waals surface area contributed by atoms with E-state index in [1.54, 1.807) is 0 Å². The lowest BCUT2D eigenvalue weighted by Gasteiger charge is -2.25. The van der Waals surface area contributed by atoms with Gasteiger partial charge in [0.25, 0.3) is 11.4 Å². The number of benzene rings is 4. The van der Waals surface area contributed by atoms with E-state index >= 15 is 0 Å². The van der Waals surface area contributed by atoms with E-state index in [4.69, 9.17) is 9.47 Å². The van der Waals surface area contributed by atoms with Gasteiger partial charge in [-0.05, 0) is 57.1 Å². The monoisotopic (exact) mass is 710 g/mol. The van der Waals surface area contributed by atoms with Crippen LogP contribution in [0.3, 0.4) is 0 Å². The van der Waals surface area contributed by atoms with Crippen molar-refractivity contribution in [3.63, 3.8) is 0 Å². The lowest BCUT2D eigenvalue weighted by molar-refractivity contribution is -0.385. The van der Waals surface area contributed by atoms with Crippen molar-refractivity contribution >= 4 is 11.4 Å². The molecular formula is C42H50N2O8. The number of ether oxygens (including phenoxy) is 2. The first-order valence-corrected chi connectivity index (χ1v) is 18.0. The highest BCUT2D eigenvalue weighted by Gasteiger charge is 2.28. The van der Waals surface area contributed by atoms with Gasteiger partial charge in [0, 0.05) is 72.2 Å². The van der Waals surface area contributed by atoms with Crippen molar-refractivity contribution in [1.29, 1.82) is 0 Å². The Morgan fingerprint density at radius 2 is 0.808 bits per heavy atom. The first-order chi connectivity index (χ1) is 24.4. The smallest absolute Gasteiger partial charge is 0.270 e. The van der Waals surface area contributed by atoms with Crippen molar-refractivity contribution in [1.82, 2.24) is 0 Å². The number of non-ortho nitro benzene ring substituents is 2. The number of nitro groups is 2. The number of nitrogens with zero attached hydrogens (tertiary/aromatic N) is 2. The molecule has 4 aromatic rings. The molecule has 8 bridgehead atoms. The molecule has 0 atom stereocenters. The zero-order valence-electron chi connectivity index (χ0n) is 31.5. The molecule has 0 saturated carbocycles. The van der Waals surface area contributed by atoms with Crippen LogP contribution in [0.5, 0.6) is 23.0 Å². The number of nitro benzene ring substituents is 2. The van der Waals surface area contributed by atoms with Crippen LogP contribution in [0, 0.1) is 20.2 Å². The van der Waals surface area contributed by atoms with E-state index in [-0.39, 0.29) is 59.4 Å². The van der Waals surface area contributed by atoms with Crippen molar-refractivity contribution in [2.24, 2.45) is 0 Å². The molecule has 52 heavy (non-hydrogen) atoms. The normalized spacial score (nSPS) is 13.1. The van der Waals surface area contributed by atoms with Gasteiger partial charge >= 0.3 is 0 Å². The van der Waals surface area contributed by atoms with Crippen molar-refractivity contribution in [3.8, 4) is 23.0 Å². The summed E-state index contributed by atoms with van der Waals surface area (Å²) in [5.74, 6) is 0.975. The van der Waals surface area contributed by atoms with Crippen LogP contribution >= 0.6 is 0 Å². The summed E-state index contributed by atoms with van der Waals surface area (Å²) in [4.78, 5) is 23.9. The van der Waals surface area contributed by atoms with Gasteiger partial charge < -0.3 is 19.7 Å². The number of rotatable bonds is 8. The molecule has 10 heteroatoms. The Morgan fingerprint density at radius 3 is 1.02 bits per heavy atom. The summed E-state index contributed by atoms with van der Waals surface area (Å²) >= 11 is 0. The highest BCUT2D eigenvalue weighted by atomic mass is 16.6. The number of fused-ring (bicyclic) bond motifs is 8. The van der Waals surface area contributed by atoms with Gasteiger partial charge in [0.1, 0.15) is 23.0 Å². The van der Waals surface area contributed by atoms with Gasteiger partial charge in [0.15, 0.2) is 0 Å². The van der Waals surface area contributed by atoms with Gasteiger partial charge in [-0.15, -0.1) is 0 Å². The zero-order chi connectivity index (χ0) is 38.1. The van der Waals surface area contributed by atoms with Crippen molar-refractivity contribution in [2.75, 3.05) is 13.2 Å². The Morgan fingerprint density at radius 1 is 0.538 bits per heavy atom. The molecule has 10 nitrogen and oxygen atoms in total. The first-order valence-electron chi connectivity index (χ1n) is 18.0. The minimum Gasteiger partial charge on any atom is -0.507 e. The van der Waals surface area contributed by atoms with E-state index in [9.17, 15) is 30.4 Å². The van der Waals surface area contributed by atoms with Crippen molar-refractivity contribution < 1.29 is 29.5 Å². The van der Waals surface area contributed by atoms with Gasteiger partial charge in [0.05, 0.1) is 23.1 Å². The third kappa shape index (κ3) is 8.16. The molecule has 0 aliphatic heterocycles. The van der Waals surface area contributed by atoms with Gasteiger partial charge in [-0.2, -0.15) is 0 Å². The molecule has 0 unspecified atom stereocenters. The Balaban J connectivity index is 1.92. The fourth-order valence-electron chi connectivity index (χ4n) is 6.73. The largest absolute Gasteiger partial charge is 0.507 e. The molecule has 0 aromatic heterocycles. The van der Waals surface area contributed by atoms with Crippen LogP contribution < -0.4 is 9.47 Å². The predicted octanol–water partition coefficient (Wildman–Crippen LogP) is 9.76. The van der Waals surface area contributed by atoms with Gasteiger partial charge in [0.2, 0.25) is 0 Å². The fourth-order valence-corrected chi connectivity index (χ4v) is 6.73. The summed E-state index contributed by atoms with van der Waals surface area (Å²) in [6.45, 7) is 17.1. The Labute approximate surface area is 305 Å². The minimum atomic E-state index is -0.431. The summed E-state index contributed by atoms with van der Waals surface area (Å²) in [6, 6.07) is 13.7. The number of phenolic OH excluding ortho intramolecular Hbond substituents is 2. The van der Waals surface area contributed by atoms with E-state index in [1.165, 1.54) is 24.3 Å². The second-order valence-electron chi connectivity index (χ2n) is 15.9. The number of hydrogen-bond acceptors (Lipinski definition) is 8. The van der Waals surface area contributed by atoms with Crippen LogP contribution in [0.15, 0.2) is 48.5 Å². The van der Waals surface area contributed by atoms with Gasteiger partial charge in [-0.3, -0.25) is 20.2 Å². The minimum absolute atomic E-state index is 0.00164. The highest BCUT2D eigenvalue weighted by Crippen LogP contribution is 2.43. The Kier molecular flexibility index (Phi) is 10.9. The average Bonchev–Trinajstić information content (AvgIpc) is 3.05. The van der Waals surface area contributed by atoms with Crippen LogP contribution in [0.1, 0.15) is 124 Å². The number of phenols is 2. The lowest BCUT2D eigenvalue weighted by atomic mass is 9.81. The summed E-state index contributed by atoms with van der Waals surface area (Å²) in [5, 5.41) is 48.7. The maximum atomic E-state index is 12.4. The topological polar surface area (TPSA) is 145 Å². The van der Waals surface area contributed by atoms with Gasteiger partial charge in [-0.1, -0.05) is 79.7 Å². The molecule has 0 fully saturated rings. The average molecular weight is 711 g/mol. The van der Waals surface area contributed by atoms with Gasteiger partial charge in [-0.25, -0.2) is 0 Å². The van der Waals surface area contributed by atoms with Crippen molar-refractivity contribution in [2.45, 2.75) is 105 Å². The molecule has 0 saturated heterocycles. The summed E-state index contributed by atoms with van der Waals surface area (Å²) < 4.78 is 12.7. The second kappa shape index (κ2) is 14.9. The molecule has 0 heterocycles. The molecule has 1 aliphatic rings. The van der Waals surface area contributed by atoms with E-state index in [0.717, 1.165) is 11.1 Å². The Hall–Kier alpha value is -5.12. The molecular weight excluding hydrogens is 660 g/mol. The third-order valence-corrected chi connectivity index (χ3v) is 9.57. The highest BCUT2D eigenvalue weighted by molar-refractivity contribution is 5.61. The predicted molar refractivity (Wildman–Crippen MR) is 203 cm³/mol. The summed E-state index contributed by atoms with van der Waals surface area (Å²) in [7, 11) is 0. The molecule has 1 aliphatic carbocycles. The maximum absolute atomic E-state index is 12.4. The van der Waals surface area contributed by atoms with E-state index in [0.29, 0.717) is 82.1 Å². The van der Waals surface area contributed by atoms with Crippen LogP contribution in [0.2, 0.25) is 0 Å². The SMILES string of the molecule is CCCOc1c2cc([N+](=O)[O-])cc1Cc1cc(C(C)(C)C)cc(c1O)Cc1cc([N+](=O)[O-])cc(c1OCCC)Cc1cc(C(C)(C)C)cc(c1O)C2.